The second-order valence-corrected chi connectivity index (χ2v) is 3.57. The fourth-order valence-electron chi connectivity index (χ4n) is 0.975. The molecule has 0 aliphatic rings. The minimum absolute atomic E-state index is 0.0185. The molecule has 0 spiro atoms. The monoisotopic (exact) mass is 256 g/mol. The van der Waals surface area contributed by atoms with Crippen LogP contribution in [0.3, 0.4) is 0 Å². The Morgan fingerprint density at radius 3 is 2.31 bits per heavy atom. The highest BCUT2D eigenvalue weighted by molar-refractivity contribution is 6.31. The molecule has 0 aliphatic carbocycles. The summed E-state index contributed by atoms with van der Waals surface area (Å²) >= 11 is 11.2. The lowest BCUT2D eigenvalue weighted by Gasteiger charge is -2.03. The van der Waals surface area contributed by atoms with Crippen molar-refractivity contribution >= 4 is 23.2 Å². The van der Waals surface area contributed by atoms with Crippen LogP contribution in [0.4, 0.5) is 0 Å². The van der Waals surface area contributed by atoms with Gasteiger partial charge in [-0.15, -0.1) is 0 Å². The first-order valence-corrected chi connectivity index (χ1v) is 5.06. The van der Waals surface area contributed by atoms with Crippen molar-refractivity contribution in [1.29, 1.82) is 0 Å². The second kappa shape index (κ2) is 4.59. The molecular formula is C9H6Cl2N4O. The first kappa shape index (κ1) is 11.0. The van der Waals surface area contributed by atoms with E-state index in [4.69, 9.17) is 27.9 Å². The summed E-state index contributed by atoms with van der Waals surface area (Å²) < 4.78 is 5.30. The van der Waals surface area contributed by atoms with E-state index in [9.17, 15) is 0 Å². The van der Waals surface area contributed by atoms with E-state index in [1.807, 2.05) is 6.92 Å². The van der Waals surface area contributed by atoms with Gasteiger partial charge in [0.05, 0.1) is 6.20 Å². The molecule has 82 valence electrons. The molecule has 2 heterocycles. The van der Waals surface area contributed by atoms with Gasteiger partial charge in [0.15, 0.2) is 0 Å². The maximum Gasteiger partial charge on any atom is 0.327 e. The van der Waals surface area contributed by atoms with Gasteiger partial charge in [0.1, 0.15) is 5.75 Å². The molecule has 0 unspecified atom stereocenters. The van der Waals surface area contributed by atoms with Crippen LogP contribution in [0.5, 0.6) is 11.8 Å². The maximum atomic E-state index is 5.60. The lowest BCUT2D eigenvalue weighted by Crippen LogP contribution is -1.95. The van der Waals surface area contributed by atoms with E-state index in [1.165, 1.54) is 0 Å². The molecule has 0 amide bonds. The third kappa shape index (κ3) is 2.77. The SMILES string of the molecule is Cc1ccc(Oc2nc(Cl)nc(Cl)n2)cn1. The predicted molar refractivity (Wildman–Crippen MR) is 58.9 cm³/mol. The van der Waals surface area contributed by atoms with Crippen molar-refractivity contribution in [2.45, 2.75) is 6.92 Å². The van der Waals surface area contributed by atoms with Gasteiger partial charge in [-0.1, -0.05) is 0 Å². The maximum absolute atomic E-state index is 5.60. The van der Waals surface area contributed by atoms with Gasteiger partial charge in [0.2, 0.25) is 10.6 Å². The fraction of sp³-hybridized carbons (Fsp3) is 0.111. The average Bonchev–Trinajstić information content (AvgIpc) is 2.20. The van der Waals surface area contributed by atoms with Crippen molar-refractivity contribution in [2.24, 2.45) is 0 Å². The molecule has 0 saturated carbocycles. The zero-order valence-electron chi connectivity index (χ0n) is 8.19. The number of halogens is 2. The number of rotatable bonds is 2. The van der Waals surface area contributed by atoms with Crippen LogP contribution < -0.4 is 4.74 Å². The number of aryl methyl sites for hydroxylation is 1. The molecule has 0 saturated heterocycles. The van der Waals surface area contributed by atoms with Crippen molar-refractivity contribution in [3.05, 3.63) is 34.6 Å². The minimum atomic E-state index is -0.0185. The highest BCUT2D eigenvalue weighted by atomic mass is 35.5. The Labute approximate surface area is 101 Å². The van der Waals surface area contributed by atoms with Crippen molar-refractivity contribution in [3.8, 4) is 11.8 Å². The quantitative estimate of drug-likeness (QED) is 0.827. The van der Waals surface area contributed by atoms with Crippen LogP contribution in [0.2, 0.25) is 10.6 Å². The first-order valence-electron chi connectivity index (χ1n) is 4.31. The van der Waals surface area contributed by atoms with Crippen LogP contribution >= 0.6 is 23.2 Å². The number of hydrogen-bond donors (Lipinski definition) is 0. The van der Waals surface area contributed by atoms with Crippen molar-refractivity contribution < 1.29 is 4.74 Å². The molecule has 0 radical (unpaired) electrons. The van der Waals surface area contributed by atoms with Gasteiger partial charge in [-0.25, -0.2) is 0 Å². The zero-order valence-corrected chi connectivity index (χ0v) is 9.70. The molecule has 5 nitrogen and oxygen atoms in total. The van der Waals surface area contributed by atoms with Crippen LogP contribution in [0, 0.1) is 6.92 Å². The molecule has 0 bridgehead atoms. The number of nitrogens with zero attached hydrogens (tertiary/aromatic N) is 4. The summed E-state index contributed by atoms with van der Waals surface area (Å²) in [6.45, 7) is 1.88. The molecular weight excluding hydrogens is 251 g/mol. The number of pyridine rings is 1. The molecule has 7 heteroatoms. The van der Waals surface area contributed by atoms with E-state index in [0.717, 1.165) is 5.69 Å². The Bertz CT molecular complexity index is 483. The minimum Gasteiger partial charge on any atom is -0.423 e. The lowest BCUT2D eigenvalue weighted by atomic mass is 10.4. The van der Waals surface area contributed by atoms with Gasteiger partial charge < -0.3 is 4.74 Å². The average molecular weight is 257 g/mol. The number of hydrogen-bond acceptors (Lipinski definition) is 5. The van der Waals surface area contributed by atoms with E-state index >= 15 is 0 Å². The summed E-state index contributed by atoms with van der Waals surface area (Å²) in [4.78, 5) is 15.2. The highest BCUT2D eigenvalue weighted by Gasteiger charge is 2.05. The van der Waals surface area contributed by atoms with Crippen LogP contribution in [-0.2, 0) is 0 Å². The summed E-state index contributed by atoms with van der Waals surface area (Å²) in [7, 11) is 0. The summed E-state index contributed by atoms with van der Waals surface area (Å²) in [5.74, 6) is 0.504. The zero-order chi connectivity index (χ0) is 11.5. The third-order valence-electron chi connectivity index (χ3n) is 1.65. The highest BCUT2D eigenvalue weighted by Crippen LogP contribution is 2.18. The van der Waals surface area contributed by atoms with Gasteiger partial charge >= 0.3 is 6.01 Å². The van der Waals surface area contributed by atoms with E-state index in [2.05, 4.69) is 19.9 Å². The van der Waals surface area contributed by atoms with Crippen molar-refractivity contribution in [2.75, 3.05) is 0 Å². The smallest absolute Gasteiger partial charge is 0.327 e. The fourth-order valence-corrected chi connectivity index (χ4v) is 1.32. The third-order valence-corrected chi connectivity index (χ3v) is 1.99. The number of ether oxygens (including phenoxy) is 1. The molecule has 0 aliphatic heterocycles. The summed E-state index contributed by atoms with van der Waals surface area (Å²) in [6, 6.07) is 3.59. The van der Waals surface area contributed by atoms with Crippen LogP contribution in [0.1, 0.15) is 5.69 Å². The van der Waals surface area contributed by atoms with Gasteiger partial charge in [-0.3, -0.25) is 4.98 Å². The Kier molecular flexibility index (Phi) is 3.17. The van der Waals surface area contributed by atoms with Gasteiger partial charge in [0, 0.05) is 5.69 Å². The molecule has 0 atom stereocenters. The molecule has 2 aromatic rings. The Balaban J connectivity index is 2.23. The van der Waals surface area contributed by atoms with Crippen molar-refractivity contribution in [1.82, 2.24) is 19.9 Å². The standard InChI is InChI=1S/C9H6Cl2N4O/c1-5-2-3-6(4-12-5)16-9-14-7(10)13-8(11)15-9/h2-4H,1H3. The normalized spacial score (nSPS) is 10.2. The van der Waals surface area contributed by atoms with Crippen LogP contribution in [-0.4, -0.2) is 19.9 Å². The first-order chi connectivity index (χ1) is 7.63. The largest absolute Gasteiger partial charge is 0.423 e. The second-order valence-electron chi connectivity index (χ2n) is 2.89. The molecule has 0 N–H and O–H groups in total. The molecule has 2 rings (SSSR count). The summed E-state index contributed by atoms with van der Waals surface area (Å²) in [5.41, 5.74) is 0.888. The van der Waals surface area contributed by atoms with E-state index < -0.39 is 0 Å². The predicted octanol–water partition coefficient (Wildman–Crippen LogP) is 2.67. The van der Waals surface area contributed by atoms with Gasteiger partial charge in [-0.05, 0) is 42.3 Å². The topological polar surface area (TPSA) is 60.8 Å². The number of aromatic nitrogens is 4. The molecule has 2 aromatic heterocycles. The van der Waals surface area contributed by atoms with Crippen molar-refractivity contribution in [3.63, 3.8) is 0 Å². The Morgan fingerprint density at radius 1 is 1.06 bits per heavy atom. The van der Waals surface area contributed by atoms with Gasteiger partial charge in [-0.2, -0.15) is 15.0 Å². The van der Waals surface area contributed by atoms with Crippen LogP contribution in [0.15, 0.2) is 18.3 Å². The molecule has 0 aromatic carbocycles. The van der Waals surface area contributed by atoms with E-state index in [1.54, 1.807) is 18.3 Å². The van der Waals surface area contributed by atoms with Gasteiger partial charge in [0.25, 0.3) is 0 Å². The summed E-state index contributed by atoms with van der Waals surface area (Å²) in [6.07, 6.45) is 1.56. The van der Waals surface area contributed by atoms with E-state index in [-0.39, 0.29) is 16.6 Å². The van der Waals surface area contributed by atoms with E-state index in [0.29, 0.717) is 5.75 Å². The summed E-state index contributed by atoms with van der Waals surface area (Å²) in [5, 5.41) is -0.0369. The molecule has 16 heavy (non-hydrogen) atoms. The Hall–Kier alpha value is -1.46. The molecule has 0 fully saturated rings. The Morgan fingerprint density at radius 2 is 1.75 bits per heavy atom. The van der Waals surface area contributed by atoms with Crippen LogP contribution in [0.25, 0.3) is 0 Å². The lowest BCUT2D eigenvalue weighted by molar-refractivity contribution is 0.437.